The fourth-order valence-electron chi connectivity index (χ4n) is 3.06. The van der Waals surface area contributed by atoms with Gasteiger partial charge in [0.1, 0.15) is 0 Å². The second-order valence-corrected chi connectivity index (χ2v) is 5.95. The van der Waals surface area contributed by atoms with Gasteiger partial charge in [-0.15, -0.1) is 0 Å². The Bertz CT molecular complexity index is 514. The van der Waals surface area contributed by atoms with E-state index in [-0.39, 0.29) is 18.2 Å². The molecule has 0 radical (unpaired) electrons. The Morgan fingerprint density at radius 2 is 2.28 bits per heavy atom. The number of rotatable bonds is 0. The molecule has 1 amide bonds. The molecule has 1 aromatic carbocycles. The van der Waals surface area contributed by atoms with Crippen LogP contribution in [0.5, 0.6) is 0 Å². The number of carbonyl (C=O) groups is 1. The van der Waals surface area contributed by atoms with E-state index in [4.69, 9.17) is 6.11 Å². The SMILES string of the molecule is [2H]CC(=O)N1CC2(CCOCC2)c2ccc(Br)cc21. The molecule has 2 aliphatic heterocycles. The second-order valence-electron chi connectivity index (χ2n) is 5.03. The van der Waals surface area contributed by atoms with Gasteiger partial charge in [0.15, 0.2) is 0 Å². The first-order chi connectivity index (χ1) is 9.16. The first-order valence-electron chi connectivity index (χ1n) is 6.84. The molecule has 3 nitrogen and oxygen atoms in total. The van der Waals surface area contributed by atoms with E-state index in [1.165, 1.54) is 5.56 Å². The highest BCUT2D eigenvalue weighted by molar-refractivity contribution is 9.10. The Morgan fingerprint density at radius 3 is 3.00 bits per heavy atom. The summed E-state index contributed by atoms with van der Waals surface area (Å²) in [5, 5.41) is 0. The van der Waals surface area contributed by atoms with E-state index in [9.17, 15) is 4.79 Å². The van der Waals surface area contributed by atoms with E-state index in [1.807, 2.05) is 12.1 Å². The third-order valence-corrected chi connectivity index (χ3v) is 4.53. The highest BCUT2D eigenvalue weighted by Gasteiger charge is 2.44. The lowest BCUT2D eigenvalue weighted by atomic mass is 9.76. The summed E-state index contributed by atoms with van der Waals surface area (Å²) >= 11 is 3.47. The summed E-state index contributed by atoms with van der Waals surface area (Å²) in [5.74, 6) is -0.122. The predicted octanol–water partition coefficient (Wildman–Crippen LogP) is 2.86. The second kappa shape index (κ2) is 4.35. The van der Waals surface area contributed by atoms with Gasteiger partial charge in [-0.25, -0.2) is 0 Å². The van der Waals surface area contributed by atoms with Crippen LogP contribution in [-0.4, -0.2) is 25.7 Å². The number of halogens is 1. The molecule has 0 aromatic heterocycles. The van der Waals surface area contributed by atoms with Crippen LogP contribution < -0.4 is 4.90 Å². The van der Waals surface area contributed by atoms with Gasteiger partial charge in [-0.1, -0.05) is 22.0 Å². The zero-order valence-electron chi connectivity index (χ0n) is 11.1. The minimum absolute atomic E-state index is 0.0269. The topological polar surface area (TPSA) is 29.5 Å². The van der Waals surface area contributed by atoms with Gasteiger partial charge in [0.2, 0.25) is 5.91 Å². The van der Waals surface area contributed by atoms with Crippen molar-refractivity contribution in [2.24, 2.45) is 0 Å². The smallest absolute Gasteiger partial charge is 0.223 e. The Kier molecular flexibility index (Phi) is 2.66. The number of hydrogen-bond donors (Lipinski definition) is 0. The molecule has 0 N–H and O–H groups in total. The van der Waals surface area contributed by atoms with Gasteiger partial charge in [-0.05, 0) is 30.5 Å². The van der Waals surface area contributed by atoms with Crippen LogP contribution >= 0.6 is 15.9 Å². The molecule has 2 aliphatic rings. The summed E-state index contributed by atoms with van der Waals surface area (Å²) in [6.07, 6.45) is 1.90. The van der Waals surface area contributed by atoms with Crippen LogP contribution in [-0.2, 0) is 14.9 Å². The minimum atomic E-state index is -0.196. The molecular formula is C14H16BrNO2. The molecule has 0 aliphatic carbocycles. The highest BCUT2D eigenvalue weighted by atomic mass is 79.9. The van der Waals surface area contributed by atoms with Crippen LogP contribution in [0.15, 0.2) is 22.7 Å². The Morgan fingerprint density at radius 1 is 1.50 bits per heavy atom. The average Bonchev–Trinajstić information content (AvgIpc) is 2.73. The molecular weight excluding hydrogens is 294 g/mol. The highest BCUT2D eigenvalue weighted by Crippen LogP contribution is 2.47. The zero-order chi connectivity index (χ0) is 13.5. The molecule has 0 saturated carbocycles. The molecule has 0 atom stereocenters. The number of carbonyl (C=O) groups excluding carboxylic acids is 1. The van der Waals surface area contributed by atoms with E-state index >= 15 is 0 Å². The molecule has 18 heavy (non-hydrogen) atoms. The van der Waals surface area contributed by atoms with Gasteiger partial charge in [0.25, 0.3) is 0 Å². The lowest BCUT2D eigenvalue weighted by Crippen LogP contribution is -2.40. The standard InChI is InChI=1S/C14H16BrNO2/c1-10(17)16-9-14(4-6-18-7-5-14)12-3-2-11(15)8-13(12)16/h2-3,8H,4-7,9H2,1H3/i1D. The maximum atomic E-state index is 12.0. The number of amides is 1. The van der Waals surface area contributed by atoms with Crippen molar-refractivity contribution in [3.63, 3.8) is 0 Å². The van der Waals surface area contributed by atoms with Crippen molar-refractivity contribution in [3.05, 3.63) is 28.2 Å². The maximum absolute atomic E-state index is 12.0. The van der Waals surface area contributed by atoms with Crippen molar-refractivity contribution in [3.8, 4) is 0 Å². The van der Waals surface area contributed by atoms with E-state index < -0.39 is 0 Å². The zero-order valence-corrected chi connectivity index (χ0v) is 11.7. The van der Waals surface area contributed by atoms with Crippen molar-refractivity contribution in [2.75, 3.05) is 24.7 Å². The number of ether oxygens (including phenoxy) is 1. The lowest BCUT2D eigenvalue weighted by Gasteiger charge is -2.34. The van der Waals surface area contributed by atoms with Crippen molar-refractivity contribution in [1.29, 1.82) is 0 Å². The molecule has 1 saturated heterocycles. The Balaban J connectivity index is 2.06. The van der Waals surface area contributed by atoms with Crippen molar-refractivity contribution >= 4 is 27.5 Å². The van der Waals surface area contributed by atoms with Crippen LogP contribution in [0.1, 0.15) is 26.7 Å². The van der Waals surface area contributed by atoms with E-state index in [2.05, 4.69) is 22.0 Å². The average molecular weight is 311 g/mol. The summed E-state index contributed by atoms with van der Waals surface area (Å²) in [6, 6.07) is 6.14. The first kappa shape index (κ1) is 11.0. The van der Waals surface area contributed by atoms with Crippen molar-refractivity contribution < 1.29 is 10.9 Å². The maximum Gasteiger partial charge on any atom is 0.223 e. The van der Waals surface area contributed by atoms with Crippen LogP contribution in [0.4, 0.5) is 5.69 Å². The van der Waals surface area contributed by atoms with Gasteiger partial charge in [-0.2, -0.15) is 0 Å². The number of anilines is 1. The largest absolute Gasteiger partial charge is 0.381 e. The summed E-state index contributed by atoms with van der Waals surface area (Å²) in [4.78, 5) is 13.8. The normalized spacial score (nSPS) is 21.8. The third-order valence-electron chi connectivity index (χ3n) is 4.03. The summed E-state index contributed by atoms with van der Waals surface area (Å²) in [5.41, 5.74) is 2.23. The summed E-state index contributed by atoms with van der Waals surface area (Å²) in [6.45, 7) is 2.00. The van der Waals surface area contributed by atoms with Crippen LogP contribution in [0, 0.1) is 0 Å². The minimum Gasteiger partial charge on any atom is -0.381 e. The molecule has 3 rings (SSSR count). The fraction of sp³-hybridized carbons (Fsp3) is 0.500. The molecule has 96 valence electrons. The van der Waals surface area contributed by atoms with E-state index in [1.54, 1.807) is 4.90 Å². The first-order valence-corrected chi connectivity index (χ1v) is 6.93. The Hall–Kier alpha value is -0.870. The van der Waals surface area contributed by atoms with Gasteiger partial charge in [0.05, 0.1) is 0 Å². The van der Waals surface area contributed by atoms with Crippen LogP contribution in [0.3, 0.4) is 0 Å². The monoisotopic (exact) mass is 310 g/mol. The summed E-state index contributed by atoms with van der Waals surface area (Å²) < 4.78 is 13.8. The molecule has 1 fully saturated rings. The molecule has 0 unspecified atom stereocenters. The fourth-order valence-corrected chi connectivity index (χ4v) is 3.41. The van der Waals surface area contributed by atoms with Crippen molar-refractivity contribution in [2.45, 2.75) is 25.2 Å². The van der Waals surface area contributed by atoms with Gasteiger partial charge in [-0.3, -0.25) is 4.79 Å². The van der Waals surface area contributed by atoms with Crippen LogP contribution in [0.25, 0.3) is 0 Å². The summed E-state index contributed by atoms with van der Waals surface area (Å²) in [7, 11) is 0. The molecule has 0 bridgehead atoms. The quantitative estimate of drug-likeness (QED) is 0.737. The predicted molar refractivity (Wildman–Crippen MR) is 73.9 cm³/mol. The Labute approximate surface area is 117 Å². The number of nitrogens with zero attached hydrogens (tertiary/aromatic N) is 1. The van der Waals surface area contributed by atoms with E-state index in [0.29, 0.717) is 6.54 Å². The van der Waals surface area contributed by atoms with Gasteiger partial charge < -0.3 is 9.64 Å². The van der Waals surface area contributed by atoms with Gasteiger partial charge >= 0.3 is 0 Å². The third kappa shape index (κ3) is 1.79. The number of fused-ring (bicyclic) bond motifs is 2. The number of hydrogen-bond acceptors (Lipinski definition) is 2. The van der Waals surface area contributed by atoms with Crippen molar-refractivity contribution in [1.82, 2.24) is 0 Å². The molecule has 2 heterocycles. The van der Waals surface area contributed by atoms with Gasteiger partial charge in [0, 0.05) is 43.6 Å². The van der Waals surface area contributed by atoms with Crippen LogP contribution in [0.2, 0.25) is 0 Å². The van der Waals surface area contributed by atoms with E-state index in [0.717, 1.165) is 36.2 Å². The lowest BCUT2D eigenvalue weighted by molar-refractivity contribution is -0.116. The molecule has 1 aromatic rings. The molecule has 1 spiro atoms. The number of benzene rings is 1. The molecule has 4 heteroatoms.